The molecule has 0 atom stereocenters. The lowest BCUT2D eigenvalue weighted by Gasteiger charge is -2.10. The van der Waals surface area contributed by atoms with E-state index in [9.17, 15) is 9.59 Å². The first kappa shape index (κ1) is 20.3. The second-order valence-corrected chi connectivity index (χ2v) is 5.91. The third-order valence-electron chi connectivity index (χ3n) is 3.90. The van der Waals surface area contributed by atoms with E-state index in [-0.39, 0.29) is 24.5 Å². The van der Waals surface area contributed by atoms with Crippen molar-refractivity contribution >= 4 is 17.4 Å². The molecule has 0 saturated carbocycles. The number of amides is 1. The topological polar surface area (TPSA) is 73.9 Å². The fraction of sp³-hybridized carbons (Fsp3) is 0.333. The normalized spacial score (nSPS) is 10.2. The summed E-state index contributed by atoms with van der Waals surface area (Å²) in [6, 6.07) is 12.1. The third kappa shape index (κ3) is 6.02. The average molecular weight is 371 g/mol. The van der Waals surface area contributed by atoms with Crippen LogP contribution < -0.4 is 19.5 Å². The van der Waals surface area contributed by atoms with Crippen LogP contribution >= 0.6 is 0 Å². The number of rotatable bonds is 10. The zero-order chi connectivity index (χ0) is 19.6. The van der Waals surface area contributed by atoms with Crippen LogP contribution in [0.4, 0.5) is 5.69 Å². The Morgan fingerprint density at radius 3 is 2.26 bits per heavy atom. The van der Waals surface area contributed by atoms with Crippen LogP contribution in [0, 0.1) is 0 Å². The van der Waals surface area contributed by atoms with Crippen molar-refractivity contribution in [1.82, 2.24) is 0 Å². The highest BCUT2D eigenvalue weighted by atomic mass is 16.5. The minimum atomic E-state index is -0.238. The molecule has 0 aliphatic heterocycles. The molecule has 27 heavy (non-hydrogen) atoms. The van der Waals surface area contributed by atoms with E-state index in [0.717, 1.165) is 12.2 Å². The molecular formula is C21H25NO5. The molecular weight excluding hydrogens is 346 g/mol. The van der Waals surface area contributed by atoms with E-state index in [0.29, 0.717) is 29.4 Å². The van der Waals surface area contributed by atoms with E-state index >= 15 is 0 Å². The first-order chi connectivity index (χ1) is 13.1. The molecule has 0 radical (unpaired) electrons. The van der Waals surface area contributed by atoms with Crippen molar-refractivity contribution in [2.45, 2.75) is 26.2 Å². The highest BCUT2D eigenvalue weighted by molar-refractivity contribution is 6.00. The van der Waals surface area contributed by atoms with Crippen LogP contribution in [0.3, 0.4) is 0 Å². The Labute approximate surface area is 159 Å². The molecule has 0 bridgehead atoms. The van der Waals surface area contributed by atoms with Gasteiger partial charge in [-0.05, 0) is 42.8 Å². The monoisotopic (exact) mass is 371 g/mol. The van der Waals surface area contributed by atoms with Crippen molar-refractivity contribution in [2.24, 2.45) is 0 Å². The quantitative estimate of drug-likeness (QED) is 0.637. The molecule has 0 fully saturated rings. The summed E-state index contributed by atoms with van der Waals surface area (Å²) in [6.45, 7) is 2.68. The molecule has 2 aromatic carbocycles. The second kappa shape index (κ2) is 10.2. The van der Waals surface area contributed by atoms with Gasteiger partial charge in [0.1, 0.15) is 5.75 Å². The zero-order valence-electron chi connectivity index (χ0n) is 15.9. The van der Waals surface area contributed by atoms with Crippen molar-refractivity contribution in [2.75, 3.05) is 26.1 Å². The van der Waals surface area contributed by atoms with Crippen LogP contribution in [-0.4, -0.2) is 32.5 Å². The molecule has 1 amide bonds. The largest absolute Gasteiger partial charge is 0.494 e. The Bertz CT molecular complexity index is 771. The van der Waals surface area contributed by atoms with Gasteiger partial charge in [0.2, 0.25) is 5.91 Å². The number of methoxy groups -OCH3 is 2. The molecule has 1 N–H and O–H groups in total. The summed E-state index contributed by atoms with van der Waals surface area (Å²) in [4.78, 5) is 24.4. The van der Waals surface area contributed by atoms with Crippen LogP contribution in [-0.2, 0) is 4.79 Å². The molecule has 0 heterocycles. The van der Waals surface area contributed by atoms with E-state index in [2.05, 4.69) is 5.32 Å². The number of carbonyl (C=O) groups excluding carboxylic acids is 2. The number of nitrogens with one attached hydrogen (secondary N) is 1. The minimum absolute atomic E-state index is 0.0838. The molecule has 0 aliphatic carbocycles. The molecule has 0 unspecified atom stereocenters. The highest BCUT2D eigenvalue weighted by Crippen LogP contribution is 2.29. The van der Waals surface area contributed by atoms with Gasteiger partial charge in [-0.2, -0.15) is 0 Å². The van der Waals surface area contributed by atoms with Gasteiger partial charge in [0.25, 0.3) is 0 Å². The van der Waals surface area contributed by atoms with Gasteiger partial charge < -0.3 is 19.5 Å². The standard InChI is InChI=1S/C21H25NO5/c1-4-13-27-17-8-5-15(6-9-17)18(23)10-12-21(24)22-16-7-11-19(25-2)20(14-16)26-3/h5-9,11,14H,4,10,12-13H2,1-3H3,(H,22,24). The van der Waals surface area contributed by atoms with Gasteiger partial charge in [0.15, 0.2) is 17.3 Å². The smallest absolute Gasteiger partial charge is 0.224 e. The van der Waals surface area contributed by atoms with Crippen LogP contribution in [0.2, 0.25) is 0 Å². The minimum Gasteiger partial charge on any atom is -0.494 e. The van der Waals surface area contributed by atoms with Crippen LogP contribution in [0.1, 0.15) is 36.5 Å². The Balaban J connectivity index is 1.86. The molecule has 144 valence electrons. The van der Waals surface area contributed by atoms with Crippen molar-refractivity contribution in [1.29, 1.82) is 0 Å². The summed E-state index contributed by atoms with van der Waals surface area (Å²) in [5.74, 6) is 1.52. The number of ketones is 1. The van der Waals surface area contributed by atoms with Crippen molar-refractivity contribution < 1.29 is 23.8 Å². The predicted molar refractivity (Wildman–Crippen MR) is 104 cm³/mol. The van der Waals surface area contributed by atoms with E-state index in [1.165, 1.54) is 7.11 Å². The van der Waals surface area contributed by atoms with Crippen LogP contribution in [0.15, 0.2) is 42.5 Å². The summed E-state index contributed by atoms with van der Waals surface area (Å²) in [6.07, 6.45) is 1.16. The van der Waals surface area contributed by atoms with E-state index in [4.69, 9.17) is 14.2 Å². The zero-order valence-corrected chi connectivity index (χ0v) is 15.9. The lowest BCUT2D eigenvalue weighted by atomic mass is 10.1. The SMILES string of the molecule is CCCOc1ccc(C(=O)CCC(=O)Nc2ccc(OC)c(OC)c2)cc1. The summed E-state index contributed by atoms with van der Waals surface area (Å²) < 4.78 is 15.9. The fourth-order valence-electron chi connectivity index (χ4n) is 2.47. The molecule has 0 saturated heterocycles. The summed E-state index contributed by atoms with van der Waals surface area (Å²) in [5, 5.41) is 2.76. The summed E-state index contributed by atoms with van der Waals surface area (Å²) in [5.41, 5.74) is 1.15. The summed E-state index contributed by atoms with van der Waals surface area (Å²) >= 11 is 0. The number of hydrogen-bond acceptors (Lipinski definition) is 5. The number of Topliss-reactive ketones (excluding diaryl/α,β-unsaturated/α-hetero) is 1. The van der Waals surface area contributed by atoms with E-state index < -0.39 is 0 Å². The van der Waals surface area contributed by atoms with Crippen molar-refractivity contribution in [3.63, 3.8) is 0 Å². The van der Waals surface area contributed by atoms with Crippen LogP contribution in [0.5, 0.6) is 17.2 Å². The maximum Gasteiger partial charge on any atom is 0.224 e. The molecule has 0 aliphatic rings. The fourth-order valence-corrected chi connectivity index (χ4v) is 2.47. The number of benzene rings is 2. The number of anilines is 1. The van der Waals surface area contributed by atoms with Crippen molar-refractivity contribution in [3.8, 4) is 17.2 Å². The highest BCUT2D eigenvalue weighted by Gasteiger charge is 2.11. The Morgan fingerprint density at radius 2 is 1.63 bits per heavy atom. The Kier molecular flexibility index (Phi) is 7.67. The lowest BCUT2D eigenvalue weighted by molar-refractivity contribution is -0.116. The molecule has 6 heteroatoms. The maximum atomic E-state index is 12.3. The van der Waals surface area contributed by atoms with Gasteiger partial charge in [-0.15, -0.1) is 0 Å². The second-order valence-electron chi connectivity index (χ2n) is 5.91. The van der Waals surface area contributed by atoms with E-state index in [1.54, 1.807) is 49.6 Å². The lowest BCUT2D eigenvalue weighted by Crippen LogP contribution is -2.13. The van der Waals surface area contributed by atoms with Gasteiger partial charge in [0, 0.05) is 30.2 Å². The van der Waals surface area contributed by atoms with Gasteiger partial charge in [-0.1, -0.05) is 6.92 Å². The first-order valence-electron chi connectivity index (χ1n) is 8.85. The van der Waals surface area contributed by atoms with E-state index in [1.807, 2.05) is 6.92 Å². The molecule has 0 aromatic heterocycles. The van der Waals surface area contributed by atoms with Crippen molar-refractivity contribution in [3.05, 3.63) is 48.0 Å². The molecule has 0 spiro atoms. The van der Waals surface area contributed by atoms with Gasteiger partial charge in [-0.25, -0.2) is 0 Å². The third-order valence-corrected chi connectivity index (χ3v) is 3.90. The van der Waals surface area contributed by atoms with Gasteiger partial charge in [0.05, 0.1) is 20.8 Å². The van der Waals surface area contributed by atoms with Gasteiger partial charge >= 0.3 is 0 Å². The Hall–Kier alpha value is -3.02. The molecule has 2 rings (SSSR count). The van der Waals surface area contributed by atoms with Crippen LogP contribution in [0.25, 0.3) is 0 Å². The number of hydrogen-bond donors (Lipinski definition) is 1. The Morgan fingerprint density at radius 1 is 0.926 bits per heavy atom. The predicted octanol–water partition coefficient (Wildman–Crippen LogP) is 4.09. The first-order valence-corrected chi connectivity index (χ1v) is 8.85. The number of carbonyl (C=O) groups is 2. The maximum absolute atomic E-state index is 12.3. The molecule has 6 nitrogen and oxygen atoms in total. The molecule has 2 aromatic rings. The average Bonchev–Trinajstić information content (AvgIpc) is 2.70. The number of ether oxygens (including phenoxy) is 3. The summed E-state index contributed by atoms with van der Waals surface area (Å²) in [7, 11) is 3.07. The van der Waals surface area contributed by atoms with Gasteiger partial charge in [-0.3, -0.25) is 9.59 Å².